The van der Waals surface area contributed by atoms with E-state index >= 15 is 0 Å². The molecule has 0 saturated carbocycles. The summed E-state index contributed by atoms with van der Waals surface area (Å²) in [6, 6.07) is 20.2. The molecule has 1 aromatic heterocycles. The smallest absolute Gasteiger partial charge is 0.253 e. The van der Waals surface area contributed by atoms with Crippen molar-refractivity contribution in [1.29, 1.82) is 0 Å². The van der Waals surface area contributed by atoms with Crippen LogP contribution in [0.4, 0.5) is 5.69 Å². The molecule has 3 amide bonds. The SMILES string of the molecule is COc1ccc(C(=O)N2CCC(CCC(=O)N[C@H](Cc3c[nH]c4ccccc34)C(=O)N3C[C@H](CN(C)C)Cc4cc(Cl)ccc43)CC2)cc1. The van der Waals surface area contributed by atoms with Crippen LogP contribution in [0.3, 0.4) is 0 Å². The third-order valence-corrected chi connectivity index (χ3v) is 10.2. The predicted molar refractivity (Wildman–Crippen MR) is 194 cm³/mol. The summed E-state index contributed by atoms with van der Waals surface area (Å²) in [6.45, 7) is 2.72. The number of ether oxygens (including phenoxy) is 1. The number of benzene rings is 3. The third-order valence-electron chi connectivity index (χ3n) is 9.92. The molecule has 6 rings (SSSR count). The Morgan fingerprint density at radius 1 is 1.02 bits per heavy atom. The van der Waals surface area contributed by atoms with Crippen molar-refractivity contribution in [2.24, 2.45) is 11.8 Å². The van der Waals surface area contributed by atoms with E-state index in [1.54, 1.807) is 31.4 Å². The summed E-state index contributed by atoms with van der Waals surface area (Å²) in [4.78, 5) is 50.4. The van der Waals surface area contributed by atoms with Crippen LogP contribution in [0.1, 0.15) is 47.2 Å². The molecule has 1 saturated heterocycles. The maximum Gasteiger partial charge on any atom is 0.253 e. The zero-order chi connectivity index (χ0) is 34.5. The van der Waals surface area contributed by atoms with Crippen molar-refractivity contribution >= 4 is 45.9 Å². The number of halogens is 1. The number of rotatable bonds is 11. The number of nitrogens with zero attached hydrogens (tertiary/aromatic N) is 3. The van der Waals surface area contributed by atoms with Crippen molar-refractivity contribution in [2.45, 2.75) is 44.6 Å². The number of hydrogen-bond donors (Lipinski definition) is 2. The first-order valence-electron chi connectivity index (χ1n) is 17.2. The van der Waals surface area contributed by atoms with Gasteiger partial charge in [0.1, 0.15) is 11.8 Å². The van der Waals surface area contributed by atoms with Gasteiger partial charge in [-0.15, -0.1) is 0 Å². The Hall–Kier alpha value is -4.34. The minimum atomic E-state index is -0.739. The second-order valence-electron chi connectivity index (χ2n) is 13.7. The van der Waals surface area contributed by atoms with Crippen molar-refractivity contribution < 1.29 is 19.1 Å². The molecule has 10 heteroatoms. The van der Waals surface area contributed by atoms with Crippen molar-refractivity contribution in [3.05, 3.63) is 94.6 Å². The van der Waals surface area contributed by atoms with Gasteiger partial charge in [0, 0.05) is 72.4 Å². The van der Waals surface area contributed by atoms with Gasteiger partial charge in [-0.25, -0.2) is 0 Å². The lowest BCUT2D eigenvalue weighted by molar-refractivity contribution is -0.127. The maximum absolute atomic E-state index is 14.5. The number of aromatic nitrogens is 1. The van der Waals surface area contributed by atoms with Crippen LogP contribution in [-0.2, 0) is 22.4 Å². The minimum absolute atomic E-state index is 0.0202. The number of carbonyl (C=O) groups is 3. The highest BCUT2D eigenvalue weighted by Crippen LogP contribution is 2.33. The summed E-state index contributed by atoms with van der Waals surface area (Å²) in [7, 11) is 5.69. The number of para-hydroxylation sites is 1. The molecule has 2 aliphatic rings. The van der Waals surface area contributed by atoms with E-state index in [1.165, 1.54) is 0 Å². The van der Waals surface area contributed by atoms with Gasteiger partial charge < -0.3 is 29.7 Å². The number of nitrogens with one attached hydrogen (secondary N) is 2. The first-order chi connectivity index (χ1) is 23.7. The fourth-order valence-corrected chi connectivity index (χ4v) is 7.61. The first-order valence-corrected chi connectivity index (χ1v) is 17.6. The van der Waals surface area contributed by atoms with Crippen LogP contribution in [-0.4, -0.2) is 85.9 Å². The lowest BCUT2D eigenvalue weighted by Crippen LogP contribution is -2.53. The zero-order valence-electron chi connectivity index (χ0n) is 28.6. The number of likely N-dealkylation sites (tertiary alicyclic amines) is 1. The molecule has 1 fully saturated rings. The van der Waals surface area contributed by atoms with Crippen LogP contribution >= 0.6 is 11.6 Å². The summed E-state index contributed by atoms with van der Waals surface area (Å²) in [5.74, 6) is 1.06. The Bertz CT molecular complexity index is 1780. The van der Waals surface area contributed by atoms with Gasteiger partial charge in [-0.1, -0.05) is 29.8 Å². The van der Waals surface area contributed by atoms with Crippen molar-refractivity contribution in [3.8, 4) is 5.75 Å². The van der Waals surface area contributed by atoms with Crippen molar-refractivity contribution in [1.82, 2.24) is 20.1 Å². The number of amides is 3. The number of anilines is 1. The van der Waals surface area contributed by atoms with E-state index in [0.717, 1.165) is 59.3 Å². The molecule has 2 aliphatic heterocycles. The van der Waals surface area contributed by atoms with Gasteiger partial charge in [-0.2, -0.15) is 0 Å². The second kappa shape index (κ2) is 15.5. The van der Waals surface area contributed by atoms with E-state index in [1.807, 2.05) is 72.6 Å². The fraction of sp³-hybridized carbons (Fsp3) is 0.410. The van der Waals surface area contributed by atoms with Gasteiger partial charge in [-0.3, -0.25) is 14.4 Å². The molecule has 9 nitrogen and oxygen atoms in total. The summed E-state index contributed by atoms with van der Waals surface area (Å²) in [5, 5.41) is 4.85. The average Bonchev–Trinajstić information content (AvgIpc) is 3.52. The maximum atomic E-state index is 14.5. The van der Waals surface area contributed by atoms with Crippen molar-refractivity contribution in [3.63, 3.8) is 0 Å². The van der Waals surface area contributed by atoms with Crippen LogP contribution in [0.5, 0.6) is 5.75 Å². The number of aromatic amines is 1. The monoisotopic (exact) mass is 683 g/mol. The zero-order valence-corrected chi connectivity index (χ0v) is 29.3. The number of hydrogen-bond acceptors (Lipinski definition) is 5. The van der Waals surface area contributed by atoms with Crippen LogP contribution in [0.2, 0.25) is 5.02 Å². The highest BCUT2D eigenvalue weighted by atomic mass is 35.5. The summed E-state index contributed by atoms with van der Waals surface area (Å²) < 4.78 is 5.21. The van der Waals surface area contributed by atoms with Gasteiger partial charge in [-0.05, 0) is 111 Å². The standard InChI is InChI=1S/C39H46ClN5O4/c1-43(2)24-27-20-29-21-31(40)11-14-36(29)45(25-27)39(48)35(22-30-23-41-34-7-5-4-6-33(30)34)42-37(46)15-8-26-16-18-44(19-17-26)38(47)28-9-12-32(49-3)13-10-28/h4-7,9-14,21,23,26-27,35,41H,8,15-20,22,24-25H2,1-3H3,(H,42,46)/t27-,35+/m0/s1. The largest absolute Gasteiger partial charge is 0.497 e. The molecule has 258 valence electrons. The van der Waals surface area contributed by atoms with Gasteiger partial charge in [0.15, 0.2) is 0 Å². The number of piperidine rings is 1. The summed E-state index contributed by atoms with van der Waals surface area (Å²) >= 11 is 6.40. The Kier molecular flexibility index (Phi) is 10.9. The number of carbonyl (C=O) groups excluding carboxylic acids is 3. The highest BCUT2D eigenvalue weighted by molar-refractivity contribution is 6.30. The van der Waals surface area contributed by atoms with E-state index in [0.29, 0.717) is 55.4 Å². The fourth-order valence-electron chi connectivity index (χ4n) is 7.41. The molecule has 3 heterocycles. The lowest BCUT2D eigenvalue weighted by atomic mass is 9.90. The molecular weight excluding hydrogens is 638 g/mol. The Morgan fingerprint density at radius 3 is 2.51 bits per heavy atom. The Morgan fingerprint density at radius 2 is 1.78 bits per heavy atom. The van der Waals surface area contributed by atoms with E-state index in [9.17, 15) is 14.4 Å². The van der Waals surface area contributed by atoms with Gasteiger partial charge in [0.25, 0.3) is 5.91 Å². The van der Waals surface area contributed by atoms with E-state index in [2.05, 4.69) is 15.2 Å². The van der Waals surface area contributed by atoms with Gasteiger partial charge >= 0.3 is 0 Å². The van der Waals surface area contributed by atoms with Crippen LogP contribution in [0.15, 0.2) is 72.9 Å². The number of H-pyrrole nitrogens is 1. The van der Waals surface area contributed by atoms with Crippen LogP contribution in [0, 0.1) is 11.8 Å². The minimum Gasteiger partial charge on any atom is -0.497 e. The van der Waals surface area contributed by atoms with Gasteiger partial charge in [0.2, 0.25) is 11.8 Å². The topological polar surface area (TPSA) is 98.0 Å². The highest BCUT2D eigenvalue weighted by Gasteiger charge is 2.34. The molecule has 2 atom stereocenters. The molecule has 0 radical (unpaired) electrons. The van der Waals surface area contributed by atoms with Crippen LogP contribution in [0.25, 0.3) is 10.9 Å². The van der Waals surface area contributed by atoms with E-state index < -0.39 is 6.04 Å². The first kappa shape index (κ1) is 34.5. The number of methoxy groups -OCH3 is 1. The summed E-state index contributed by atoms with van der Waals surface area (Å²) in [5.41, 5.74) is 4.54. The molecule has 0 unspecified atom stereocenters. The molecule has 49 heavy (non-hydrogen) atoms. The predicted octanol–water partition coefficient (Wildman–Crippen LogP) is 5.96. The Labute approximate surface area is 293 Å². The van der Waals surface area contributed by atoms with Crippen molar-refractivity contribution in [2.75, 3.05) is 52.3 Å². The molecule has 2 N–H and O–H groups in total. The van der Waals surface area contributed by atoms with Gasteiger partial charge in [0.05, 0.1) is 7.11 Å². The molecule has 0 spiro atoms. The molecule has 3 aromatic carbocycles. The average molecular weight is 684 g/mol. The molecular formula is C39H46ClN5O4. The van der Waals surface area contributed by atoms with Crippen LogP contribution < -0.4 is 15.0 Å². The normalized spacial score (nSPS) is 17.2. The van der Waals surface area contributed by atoms with E-state index in [-0.39, 0.29) is 23.6 Å². The quantitative estimate of drug-likeness (QED) is 0.204. The second-order valence-corrected chi connectivity index (χ2v) is 14.2. The third kappa shape index (κ3) is 8.28. The summed E-state index contributed by atoms with van der Waals surface area (Å²) in [6.07, 6.45) is 5.86. The Balaban J connectivity index is 1.13. The van der Waals surface area contributed by atoms with E-state index in [4.69, 9.17) is 16.3 Å². The lowest BCUT2D eigenvalue weighted by Gasteiger charge is -2.37. The molecule has 0 aliphatic carbocycles. The molecule has 4 aromatic rings. The number of fused-ring (bicyclic) bond motifs is 2. The molecule has 0 bridgehead atoms.